The number of hydrogen-bond donors (Lipinski definition) is 1. The summed E-state index contributed by atoms with van der Waals surface area (Å²) >= 11 is 3.74. The SMILES string of the molecule is CCc1nn(C)c(CN2CC(CC)NCCC2C)c1Br. The van der Waals surface area contributed by atoms with Crippen molar-refractivity contribution in [3.63, 3.8) is 0 Å². The lowest BCUT2D eigenvalue weighted by Crippen LogP contribution is -2.39. The van der Waals surface area contributed by atoms with Crippen LogP contribution in [0.15, 0.2) is 4.47 Å². The van der Waals surface area contributed by atoms with Crippen LogP contribution < -0.4 is 5.32 Å². The maximum absolute atomic E-state index is 4.61. The van der Waals surface area contributed by atoms with Crippen molar-refractivity contribution in [1.82, 2.24) is 20.0 Å². The van der Waals surface area contributed by atoms with E-state index < -0.39 is 0 Å². The van der Waals surface area contributed by atoms with Crippen LogP contribution in [0.1, 0.15) is 45.0 Å². The second-order valence-corrected chi connectivity index (χ2v) is 6.60. The molecule has 2 atom stereocenters. The highest BCUT2D eigenvalue weighted by Gasteiger charge is 2.24. The van der Waals surface area contributed by atoms with Crippen molar-refractivity contribution in [2.24, 2.45) is 7.05 Å². The van der Waals surface area contributed by atoms with Crippen molar-refractivity contribution in [3.05, 3.63) is 15.9 Å². The monoisotopic (exact) mass is 342 g/mol. The summed E-state index contributed by atoms with van der Waals surface area (Å²) < 4.78 is 3.23. The van der Waals surface area contributed by atoms with Crippen LogP contribution in [0.4, 0.5) is 0 Å². The molecule has 1 aliphatic rings. The van der Waals surface area contributed by atoms with E-state index in [-0.39, 0.29) is 0 Å². The molecule has 2 rings (SSSR count). The van der Waals surface area contributed by atoms with Gasteiger partial charge in [0.05, 0.1) is 15.9 Å². The lowest BCUT2D eigenvalue weighted by Gasteiger charge is -2.28. The van der Waals surface area contributed by atoms with E-state index >= 15 is 0 Å². The first-order valence-electron chi connectivity index (χ1n) is 7.74. The van der Waals surface area contributed by atoms with Gasteiger partial charge >= 0.3 is 0 Å². The Balaban J connectivity index is 2.16. The Bertz CT molecular complexity index is 443. The Labute approximate surface area is 131 Å². The molecule has 4 nitrogen and oxygen atoms in total. The maximum atomic E-state index is 4.61. The van der Waals surface area contributed by atoms with Crippen LogP contribution in [-0.4, -0.2) is 39.9 Å². The van der Waals surface area contributed by atoms with Gasteiger partial charge in [-0.3, -0.25) is 9.58 Å². The Hall–Kier alpha value is -0.390. The van der Waals surface area contributed by atoms with Crippen LogP contribution in [0.25, 0.3) is 0 Å². The number of aromatic nitrogens is 2. The van der Waals surface area contributed by atoms with Crippen LogP contribution in [0.5, 0.6) is 0 Å². The van der Waals surface area contributed by atoms with Crippen LogP contribution in [-0.2, 0) is 20.0 Å². The summed E-state index contributed by atoms with van der Waals surface area (Å²) in [5, 5.41) is 8.26. The van der Waals surface area contributed by atoms with Crippen LogP contribution in [0.3, 0.4) is 0 Å². The van der Waals surface area contributed by atoms with Crippen LogP contribution in [0.2, 0.25) is 0 Å². The second kappa shape index (κ2) is 7.05. The van der Waals surface area contributed by atoms with Crippen molar-refractivity contribution >= 4 is 15.9 Å². The van der Waals surface area contributed by atoms with Gasteiger partial charge in [0, 0.05) is 32.2 Å². The molecule has 0 aromatic carbocycles. The molecular weight excluding hydrogens is 316 g/mol. The summed E-state index contributed by atoms with van der Waals surface area (Å²) in [6.45, 7) is 9.98. The average Bonchev–Trinajstić information content (AvgIpc) is 2.61. The first-order valence-corrected chi connectivity index (χ1v) is 8.53. The third-order valence-corrected chi connectivity index (χ3v) is 5.34. The number of aryl methyl sites for hydroxylation is 2. The predicted octanol–water partition coefficient (Wildman–Crippen LogP) is 2.71. The fourth-order valence-corrected chi connectivity index (χ4v) is 3.63. The smallest absolute Gasteiger partial charge is 0.0767 e. The molecule has 1 saturated heterocycles. The van der Waals surface area contributed by atoms with E-state index in [2.05, 4.69) is 59.1 Å². The van der Waals surface area contributed by atoms with E-state index in [9.17, 15) is 0 Å². The van der Waals surface area contributed by atoms with E-state index in [1.807, 2.05) is 4.68 Å². The Morgan fingerprint density at radius 2 is 2.15 bits per heavy atom. The molecule has 0 bridgehead atoms. The molecule has 1 aliphatic heterocycles. The molecule has 0 saturated carbocycles. The zero-order valence-corrected chi connectivity index (χ0v) is 14.7. The summed E-state index contributed by atoms with van der Waals surface area (Å²) in [5.41, 5.74) is 2.46. The highest BCUT2D eigenvalue weighted by molar-refractivity contribution is 9.10. The minimum Gasteiger partial charge on any atom is -0.313 e. The van der Waals surface area contributed by atoms with E-state index in [1.54, 1.807) is 0 Å². The molecule has 1 aromatic rings. The van der Waals surface area contributed by atoms with Gasteiger partial charge in [-0.2, -0.15) is 5.10 Å². The minimum atomic E-state index is 0.609. The topological polar surface area (TPSA) is 33.1 Å². The van der Waals surface area contributed by atoms with Gasteiger partial charge in [-0.1, -0.05) is 13.8 Å². The van der Waals surface area contributed by atoms with Crippen molar-refractivity contribution in [2.45, 2.75) is 58.7 Å². The first kappa shape index (κ1) is 16.0. The van der Waals surface area contributed by atoms with Crippen LogP contribution >= 0.6 is 15.9 Å². The quantitative estimate of drug-likeness (QED) is 0.913. The molecule has 20 heavy (non-hydrogen) atoms. The van der Waals surface area contributed by atoms with Gasteiger partial charge in [0.1, 0.15) is 0 Å². The zero-order valence-electron chi connectivity index (χ0n) is 13.1. The Kier molecular flexibility index (Phi) is 5.64. The second-order valence-electron chi connectivity index (χ2n) is 5.81. The highest BCUT2D eigenvalue weighted by atomic mass is 79.9. The lowest BCUT2D eigenvalue weighted by atomic mass is 10.1. The van der Waals surface area contributed by atoms with E-state index in [0.717, 1.165) is 31.7 Å². The molecule has 0 spiro atoms. The zero-order chi connectivity index (χ0) is 14.7. The summed E-state index contributed by atoms with van der Waals surface area (Å²) in [6.07, 6.45) is 3.38. The molecule has 2 heterocycles. The molecule has 1 fully saturated rings. The third-order valence-electron chi connectivity index (χ3n) is 4.42. The number of rotatable bonds is 4. The van der Waals surface area contributed by atoms with Gasteiger partial charge in [0.2, 0.25) is 0 Å². The molecular formula is C15H27BrN4. The summed E-state index contributed by atoms with van der Waals surface area (Å²) in [7, 11) is 2.05. The van der Waals surface area contributed by atoms with E-state index in [0.29, 0.717) is 12.1 Å². The average molecular weight is 343 g/mol. The fourth-order valence-electron chi connectivity index (χ4n) is 2.88. The molecule has 0 amide bonds. The maximum Gasteiger partial charge on any atom is 0.0767 e. The summed E-state index contributed by atoms with van der Waals surface area (Å²) in [5.74, 6) is 0. The summed E-state index contributed by atoms with van der Waals surface area (Å²) in [4.78, 5) is 2.59. The molecule has 114 valence electrons. The van der Waals surface area contributed by atoms with Crippen LogP contribution in [0, 0.1) is 0 Å². The molecule has 1 N–H and O–H groups in total. The van der Waals surface area contributed by atoms with Crippen molar-refractivity contribution in [2.75, 3.05) is 13.1 Å². The molecule has 0 aliphatic carbocycles. The number of halogens is 1. The Morgan fingerprint density at radius 3 is 2.75 bits per heavy atom. The number of nitrogens with one attached hydrogen (secondary N) is 1. The van der Waals surface area contributed by atoms with Gasteiger partial charge in [0.15, 0.2) is 0 Å². The van der Waals surface area contributed by atoms with Gasteiger partial charge in [0.25, 0.3) is 0 Å². The van der Waals surface area contributed by atoms with Gasteiger partial charge < -0.3 is 5.32 Å². The molecule has 5 heteroatoms. The third kappa shape index (κ3) is 3.43. The lowest BCUT2D eigenvalue weighted by molar-refractivity contribution is 0.189. The molecule has 0 radical (unpaired) electrons. The molecule has 1 aromatic heterocycles. The normalized spacial score (nSPS) is 24.9. The van der Waals surface area contributed by atoms with E-state index in [4.69, 9.17) is 0 Å². The van der Waals surface area contributed by atoms with Gasteiger partial charge in [-0.05, 0) is 48.7 Å². The fraction of sp³-hybridized carbons (Fsp3) is 0.800. The highest BCUT2D eigenvalue weighted by Crippen LogP contribution is 2.24. The Morgan fingerprint density at radius 1 is 1.40 bits per heavy atom. The first-order chi connectivity index (χ1) is 9.56. The predicted molar refractivity (Wildman–Crippen MR) is 86.9 cm³/mol. The van der Waals surface area contributed by atoms with Crippen molar-refractivity contribution in [3.8, 4) is 0 Å². The summed E-state index contributed by atoms with van der Waals surface area (Å²) in [6, 6.07) is 1.23. The standard InChI is InChI=1S/C15H27BrN4/c1-5-12-9-20(11(3)7-8-17-12)10-14-15(16)13(6-2)18-19(14)4/h11-12,17H,5-10H2,1-4H3. The van der Waals surface area contributed by atoms with Crippen molar-refractivity contribution < 1.29 is 0 Å². The number of nitrogens with zero attached hydrogens (tertiary/aromatic N) is 3. The van der Waals surface area contributed by atoms with Crippen molar-refractivity contribution in [1.29, 1.82) is 0 Å². The molecule has 2 unspecified atom stereocenters. The van der Waals surface area contributed by atoms with Gasteiger partial charge in [-0.25, -0.2) is 0 Å². The van der Waals surface area contributed by atoms with E-state index in [1.165, 1.54) is 23.0 Å². The van der Waals surface area contributed by atoms with Gasteiger partial charge in [-0.15, -0.1) is 0 Å². The minimum absolute atomic E-state index is 0.609. The number of hydrogen-bond acceptors (Lipinski definition) is 3. The largest absolute Gasteiger partial charge is 0.313 e.